The number of benzene rings is 2. The van der Waals surface area contributed by atoms with E-state index in [1.807, 2.05) is 18.2 Å². The Balaban J connectivity index is 2.61. The van der Waals surface area contributed by atoms with Crippen LogP contribution in [-0.4, -0.2) is 30.9 Å². The molecule has 0 heterocycles. The van der Waals surface area contributed by atoms with E-state index in [0.717, 1.165) is 17.8 Å². The van der Waals surface area contributed by atoms with Gasteiger partial charge in [0.25, 0.3) is 0 Å². The molecule has 2 aromatic rings. The molecule has 0 aromatic heterocycles. The molecule has 0 amide bonds. The van der Waals surface area contributed by atoms with E-state index in [2.05, 4.69) is 104 Å². The minimum absolute atomic E-state index is 0.00672. The predicted octanol–water partition coefficient (Wildman–Crippen LogP) is 7.70. The summed E-state index contributed by atoms with van der Waals surface area (Å²) in [4.78, 5) is 14.1. The van der Waals surface area contributed by atoms with Gasteiger partial charge in [-0.3, -0.25) is 4.79 Å². The standard InChI is InChI=1S/C30H49NO3Si2/c1-21(32)23-14-13-15-24(19-23)31(8)20-22-16-17-25(27(29(2,3)4)33-35(9)10)26(18-22)28(30(5,6)7)34-36(11)12/h13-19,27-28,35-36H,20H2,1-12H3. The molecule has 2 rings (SSSR count). The van der Waals surface area contributed by atoms with Crippen molar-refractivity contribution in [2.75, 3.05) is 11.9 Å². The number of Topliss-reactive ketones (excluding diaryl/α,β-unsaturated/α-hetero) is 1. The van der Waals surface area contributed by atoms with Gasteiger partial charge in [0, 0.05) is 24.8 Å². The van der Waals surface area contributed by atoms with Crippen LogP contribution >= 0.6 is 0 Å². The van der Waals surface area contributed by atoms with E-state index in [1.54, 1.807) is 6.92 Å². The van der Waals surface area contributed by atoms with Gasteiger partial charge in [0.1, 0.15) is 0 Å². The van der Waals surface area contributed by atoms with Crippen LogP contribution in [0.15, 0.2) is 42.5 Å². The zero-order valence-corrected chi connectivity index (χ0v) is 27.0. The van der Waals surface area contributed by atoms with Crippen molar-refractivity contribution in [1.29, 1.82) is 0 Å². The van der Waals surface area contributed by atoms with Gasteiger partial charge in [-0.2, -0.15) is 0 Å². The van der Waals surface area contributed by atoms with E-state index >= 15 is 0 Å². The van der Waals surface area contributed by atoms with Gasteiger partial charge in [-0.1, -0.05) is 71.9 Å². The molecule has 0 fully saturated rings. The molecule has 6 heteroatoms. The average molecular weight is 528 g/mol. The third-order valence-electron chi connectivity index (χ3n) is 6.22. The molecular weight excluding hydrogens is 479 g/mol. The van der Waals surface area contributed by atoms with Crippen LogP contribution in [0.3, 0.4) is 0 Å². The van der Waals surface area contributed by atoms with Gasteiger partial charge in [-0.05, 0) is 72.8 Å². The van der Waals surface area contributed by atoms with Crippen molar-refractivity contribution in [3.05, 3.63) is 64.7 Å². The maximum absolute atomic E-state index is 11.9. The van der Waals surface area contributed by atoms with Gasteiger partial charge < -0.3 is 13.8 Å². The summed E-state index contributed by atoms with van der Waals surface area (Å²) in [7, 11) is -0.502. The highest BCUT2D eigenvalue weighted by atomic mass is 28.3. The fraction of sp³-hybridized carbons (Fsp3) is 0.567. The molecule has 0 aliphatic carbocycles. The molecule has 0 saturated heterocycles. The van der Waals surface area contributed by atoms with E-state index in [-0.39, 0.29) is 28.8 Å². The van der Waals surface area contributed by atoms with Crippen LogP contribution in [0.2, 0.25) is 26.2 Å². The van der Waals surface area contributed by atoms with Crippen LogP contribution in [0.5, 0.6) is 0 Å². The Labute approximate surface area is 223 Å². The Hall–Kier alpha value is -1.74. The second kappa shape index (κ2) is 12.2. The molecule has 0 bridgehead atoms. The summed E-state index contributed by atoms with van der Waals surface area (Å²) in [6.07, 6.45) is 0.00761. The second-order valence-corrected chi connectivity index (χ2v) is 17.5. The Morgan fingerprint density at radius 3 is 1.83 bits per heavy atom. The Morgan fingerprint density at radius 2 is 1.36 bits per heavy atom. The van der Waals surface area contributed by atoms with Gasteiger partial charge in [-0.15, -0.1) is 0 Å². The number of hydrogen-bond donors (Lipinski definition) is 0. The lowest BCUT2D eigenvalue weighted by Gasteiger charge is -2.39. The first kappa shape index (κ1) is 30.5. The summed E-state index contributed by atoms with van der Waals surface area (Å²) >= 11 is 0. The van der Waals surface area contributed by atoms with E-state index < -0.39 is 18.1 Å². The highest BCUT2D eigenvalue weighted by Crippen LogP contribution is 2.45. The molecule has 2 atom stereocenters. The first-order valence-corrected chi connectivity index (χ1v) is 18.8. The summed E-state index contributed by atoms with van der Waals surface area (Å²) < 4.78 is 13.4. The van der Waals surface area contributed by atoms with Gasteiger partial charge >= 0.3 is 0 Å². The summed E-state index contributed by atoms with van der Waals surface area (Å²) in [5, 5.41) is 0. The first-order valence-electron chi connectivity index (χ1n) is 13.3. The Bertz CT molecular complexity index is 1020. The molecule has 0 spiro atoms. The first-order chi connectivity index (χ1) is 16.5. The van der Waals surface area contributed by atoms with Crippen LogP contribution in [0.1, 0.15) is 87.7 Å². The molecule has 0 saturated carbocycles. The Kier molecular flexibility index (Phi) is 10.3. The number of rotatable bonds is 10. The number of carbonyl (C=O) groups excluding carboxylic acids is 1. The van der Waals surface area contributed by atoms with Gasteiger partial charge in [0.2, 0.25) is 0 Å². The largest absolute Gasteiger partial charge is 0.413 e. The minimum atomic E-state index is -1.30. The molecule has 2 unspecified atom stereocenters. The van der Waals surface area contributed by atoms with Crippen molar-refractivity contribution in [3.63, 3.8) is 0 Å². The fourth-order valence-corrected chi connectivity index (χ4v) is 6.75. The molecule has 4 nitrogen and oxygen atoms in total. The van der Waals surface area contributed by atoms with Gasteiger partial charge in [0.15, 0.2) is 23.9 Å². The normalized spacial score (nSPS) is 14.3. The lowest BCUT2D eigenvalue weighted by Crippen LogP contribution is -2.31. The molecule has 0 aliphatic rings. The number of hydrogen-bond acceptors (Lipinski definition) is 4. The second-order valence-electron chi connectivity index (χ2n) is 12.8. The molecule has 36 heavy (non-hydrogen) atoms. The van der Waals surface area contributed by atoms with E-state index in [1.165, 1.54) is 16.7 Å². The third kappa shape index (κ3) is 8.40. The van der Waals surface area contributed by atoms with Gasteiger partial charge in [-0.25, -0.2) is 0 Å². The van der Waals surface area contributed by atoms with E-state index in [9.17, 15) is 4.79 Å². The zero-order chi connectivity index (χ0) is 27.4. The highest BCUT2D eigenvalue weighted by molar-refractivity contribution is 6.48. The molecule has 0 aliphatic heterocycles. The van der Waals surface area contributed by atoms with E-state index in [0.29, 0.717) is 0 Å². The van der Waals surface area contributed by atoms with Crippen LogP contribution in [0.4, 0.5) is 5.69 Å². The van der Waals surface area contributed by atoms with E-state index in [4.69, 9.17) is 8.85 Å². The smallest absolute Gasteiger partial charge is 0.171 e. The maximum atomic E-state index is 11.9. The number of carbonyl (C=O) groups is 1. The van der Waals surface area contributed by atoms with Crippen molar-refractivity contribution in [2.45, 2.75) is 93.4 Å². The monoisotopic (exact) mass is 527 g/mol. The quantitative estimate of drug-likeness (QED) is 0.234. The van der Waals surface area contributed by atoms with Crippen molar-refractivity contribution >= 4 is 29.6 Å². The average Bonchev–Trinajstić information content (AvgIpc) is 2.74. The third-order valence-corrected chi connectivity index (χ3v) is 7.85. The SMILES string of the molecule is CC(=O)c1cccc(N(C)Cc2ccc(C(O[SiH](C)C)C(C)(C)C)c(C(O[SiH](C)C)C(C)(C)C)c2)c1. The highest BCUT2D eigenvalue weighted by Gasteiger charge is 2.36. The van der Waals surface area contributed by atoms with Gasteiger partial charge in [0.05, 0.1) is 12.2 Å². The summed E-state index contributed by atoms with van der Waals surface area (Å²) in [5.74, 6) is 0.0850. The number of nitrogens with zero attached hydrogens (tertiary/aromatic N) is 1. The summed E-state index contributed by atoms with van der Waals surface area (Å²) in [5.41, 5.74) is 5.42. The van der Waals surface area contributed by atoms with Crippen molar-refractivity contribution in [1.82, 2.24) is 0 Å². The maximum Gasteiger partial charge on any atom is 0.171 e. The van der Waals surface area contributed by atoms with Crippen LogP contribution in [0.25, 0.3) is 0 Å². The van der Waals surface area contributed by atoms with Crippen molar-refractivity contribution < 1.29 is 13.6 Å². The number of ketones is 1. The summed E-state index contributed by atoms with van der Waals surface area (Å²) in [6.45, 7) is 25.0. The van der Waals surface area contributed by atoms with Crippen LogP contribution in [-0.2, 0) is 15.4 Å². The van der Waals surface area contributed by atoms with Crippen molar-refractivity contribution in [2.24, 2.45) is 10.8 Å². The van der Waals surface area contributed by atoms with Crippen molar-refractivity contribution in [3.8, 4) is 0 Å². The molecule has 0 radical (unpaired) electrons. The molecule has 2 aromatic carbocycles. The lowest BCUT2D eigenvalue weighted by atomic mass is 9.77. The number of anilines is 1. The zero-order valence-electron chi connectivity index (χ0n) is 24.7. The minimum Gasteiger partial charge on any atom is -0.413 e. The predicted molar refractivity (Wildman–Crippen MR) is 159 cm³/mol. The molecule has 0 N–H and O–H groups in total. The molecule has 200 valence electrons. The van der Waals surface area contributed by atoms with Crippen LogP contribution in [0, 0.1) is 10.8 Å². The lowest BCUT2D eigenvalue weighted by molar-refractivity contribution is 0.0655. The molecular formula is C30H49NO3Si2. The van der Waals surface area contributed by atoms with Crippen LogP contribution < -0.4 is 4.90 Å². The topological polar surface area (TPSA) is 38.8 Å². The fourth-order valence-electron chi connectivity index (χ4n) is 4.55. The Morgan fingerprint density at radius 1 is 0.833 bits per heavy atom. The summed E-state index contributed by atoms with van der Waals surface area (Å²) in [6, 6.07) is 14.7.